The standard InChI is InChI=1S/C13H22N4O/c1-9-15-12(7-13(18)16-9)17(2)11-6-4-3-5-10(11)8-14/h7,10-11H,3-6,8,14H2,1-2H3,(H,15,16,18). The molecular weight excluding hydrogens is 228 g/mol. The molecule has 0 radical (unpaired) electrons. The third kappa shape index (κ3) is 2.72. The summed E-state index contributed by atoms with van der Waals surface area (Å²) < 4.78 is 0. The zero-order chi connectivity index (χ0) is 13.1. The van der Waals surface area contributed by atoms with E-state index in [0.717, 1.165) is 12.2 Å². The van der Waals surface area contributed by atoms with Gasteiger partial charge in [-0.3, -0.25) is 4.79 Å². The summed E-state index contributed by atoms with van der Waals surface area (Å²) in [6.45, 7) is 2.51. The fraction of sp³-hybridized carbons (Fsp3) is 0.692. The molecule has 0 aromatic carbocycles. The van der Waals surface area contributed by atoms with Crippen molar-refractivity contribution in [2.24, 2.45) is 11.7 Å². The SMILES string of the molecule is Cc1nc(N(C)C2CCCCC2CN)cc(=O)[nH]1. The van der Waals surface area contributed by atoms with Gasteiger partial charge in [0.25, 0.3) is 5.56 Å². The van der Waals surface area contributed by atoms with Crippen LogP contribution in [0, 0.1) is 12.8 Å². The Bertz CT molecular complexity index is 457. The normalized spacial score (nSPS) is 23.9. The lowest BCUT2D eigenvalue weighted by molar-refractivity contribution is 0.305. The van der Waals surface area contributed by atoms with Gasteiger partial charge >= 0.3 is 0 Å². The lowest BCUT2D eigenvalue weighted by Gasteiger charge is -2.38. The Hall–Kier alpha value is -1.36. The number of nitrogens with one attached hydrogen (secondary N) is 1. The molecule has 0 aliphatic heterocycles. The fourth-order valence-electron chi connectivity index (χ4n) is 2.89. The highest BCUT2D eigenvalue weighted by molar-refractivity contribution is 5.38. The van der Waals surface area contributed by atoms with Crippen molar-refractivity contribution in [3.8, 4) is 0 Å². The van der Waals surface area contributed by atoms with Crippen molar-refractivity contribution in [2.75, 3.05) is 18.5 Å². The molecule has 3 N–H and O–H groups in total. The van der Waals surface area contributed by atoms with Crippen LogP contribution in [0.1, 0.15) is 31.5 Å². The Morgan fingerprint density at radius 1 is 1.50 bits per heavy atom. The van der Waals surface area contributed by atoms with E-state index in [-0.39, 0.29) is 5.56 Å². The van der Waals surface area contributed by atoms with Crippen molar-refractivity contribution in [1.29, 1.82) is 0 Å². The van der Waals surface area contributed by atoms with E-state index in [1.165, 1.54) is 19.3 Å². The summed E-state index contributed by atoms with van der Waals surface area (Å²) >= 11 is 0. The third-order valence-corrected chi connectivity index (χ3v) is 3.88. The van der Waals surface area contributed by atoms with Crippen LogP contribution in [0.25, 0.3) is 0 Å². The smallest absolute Gasteiger partial charge is 0.252 e. The summed E-state index contributed by atoms with van der Waals surface area (Å²) in [6.07, 6.45) is 4.79. The van der Waals surface area contributed by atoms with Gasteiger partial charge in [-0.15, -0.1) is 0 Å². The Kier molecular flexibility index (Phi) is 4.01. The van der Waals surface area contributed by atoms with Gasteiger partial charge in [0.1, 0.15) is 11.6 Å². The van der Waals surface area contributed by atoms with E-state index < -0.39 is 0 Å². The number of anilines is 1. The molecule has 0 spiro atoms. The number of aromatic nitrogens is 2. The average molecular weight is 250 g/mol. The molecule has 18 heavy (non-hydrogen) atoms. The molecule has 0 bridgehead atoms. The Morgan fingerprint density at radius 3 is 2.89 bits per heavy atom. The highest BCUT2D eigenvalue weighted by atomic mass is 16.1. The topological polar surface area (TPSA) is 75.0 Å². The van der Waals surface area contributed by atoms with Crippen molar-refractivity contribution in [2.45, 2.75) is 38.6 Å². The number of nitrogens with two attached hydrogens (primary N) is 1. The minimum absolute atomic E-state index is 0.0931. The monoisotopic (exact) mass is 250 g/mol. The van der Waals surface area contributed by atoms with Crippen LogP contribution in [0.3, 0.4) is 0 Å². The number of hydrogen-bond donors (Lipinski definition) is 2. The Balaban J connectivity index is 2.23. The molecule has 2 rings (SSSR count). The molecule has 1 aromatic rings. The molecule has 1 aromatic heterocycles. The molecule has 5 nitrogen and oxygen atoms in total. The summed E-state index contributed by atoms with van der Waals surface area (Å²) in [5.41, 5.74) is 5.76. The molecule has 1 fully saturated rings. The van der Waals surface area contributed by atoms with Gasteiger partial charge in [-0.05, 0) is 32.2 Å². The van der Waals surface area contributed by atoms with Crippen LogP contribution in [0.5, 0.6) is 0 Å². The predicted octanol–water partition coefficient (Wildman–Crippen LogP) is 1.03. The van der Waals surface area contributed by atoms with Crippen molar-refractivity contribution >= 4 is 5.82 Å². The summed E-state index contributed by atoms with van der Waals surface area (Å²) in [7, 11) is 2.01. The quantitative estimate of drug-likeness (QED) is 0.840. The molecule has 2 atom stereocenters. The molecule has 0 amide bonds. The summed E-state index contributed by atoms with van der Waals surface area (Å²) in [5, 5.41) is 0. The van der Waals surface area contributed by atoms with Crippen LogP contribution >= 0.6 is 0 Å². The number of H-pyrrole nitrogens is 1. The van der Waals surface area contributed by atoms with E-state index in [2.05, 4.69) is 14.9 Å². The van der Waals surface area contributed by atoms with Gasteiger partial charge in [0.15, 0.2) is 0 Å². The Labute approximate surface area is 107 Å². The van der Waals surface area contributed by atoms with Crippen LogP contribution in [0.4, 0.5) is 5.82 Å². The van der Waals surface area contributed by atoms with Crippen LogP contribution < -0.4 is 16.2 Å². The first-order valence-electron chi connectivity index (χ1n) is 6.62. The second-order valence-corrected chi connectivity index (χ2v) is 5.15. The van der Waals surface area contributed by atoms with Gasteiger partial charge in [-0.2, -0.15) is 0 Å². The number of nitrogens with zero attached hydrogens (tertiary/aromatic N) is 2. The molecule has 0 saturated heterocycles. The molecular formula is C13H22N4O. The number of aromatic amines is 1. The Morgan fingerprint density at radius 2 is 2.22 bits per heavy atom. The number of rotatable bonds is 3. The maximum Gasteiger partial charge on any atom is 0.252 e. The van der Waals surface area contributed by atoms with Crippen LogP contribution in [0.2, 0.25) is 0 Å². The fourth-order valence-corrected chi connectivity index (χ4v) is 2.89. The highest BCUT2D eigenvalue weighted by Gasteiger charge is 2.28. The second-order valence-electron chi connectivity index (χ2n) is 5.15. The summed E-state index contributed by atoms with van der Waals surface area (Å²) in [5.74, 6) is 1.91. The molecule has 1 aliphatic rings. The third-order valence-electron chi connectivity index (χ3n) is 3.88. The van der Waals surface area contributed by atoms with Crippen LogP contribution in [-0.4, -0.2) is 29.6 Å². The van der Waals surface area contributed by atoms with Crippen molar-refractivity contribution in [3.63, 3.8) is 0 Å². The van der Waals surface area contributed by atoms with Crippen molar-refractivity contribution in [3.05, 3.63) is 22.2 Å². The first kappa shape index (κ1) is 13.1. The zero-order valence-corrected chi connectivity index (χ0v) is 11.1. The van der Waals surface area contributed by atoms with Gasteiger partial charge in [0, 0.05) is 19.2 Å². The first-order valence-corrected chi connectivity index (χ1v) is 6.62. The van der Waals surface area contributed by atoms with E-state index in [1.807, 2.05) is 7.05 Å². The van der Waals surface area contributed by atoms with Crippen molar-refractivity contribution < 1.29 is 0 Å². The van der Waals surface area contributed by atoms with Gasteiger partial charge in [-0.25, -0.2) is 4.98 Å². The van der Waals surface area contributed by atoms with Crippen molar-refractivity contribution in [1.82, 2.24) is 9.97 Å². The number of aryl methyl sites for hydroxylation is 1. The molecule has 1 heterocycles. The van der Waals surface area contributed by atoms with E-state index in [0.29, 0.717) is 24.3 Å². The zero-order valence-electron chi connectivity index (χ0n) is 11.1. The van der Waals surface area contributed by atoms with Gasteiger partial charge in [0.05, 0.1) is 0 Å². The predicted molar refractivity (Wildman–Crippen MR) is 72.8 cm³/mol. The molecule has 100 valence electrons. The van der Waals surface area contributed by atoms with Crippen LogP contribution in [-0.2, 0) is 0 Å². The van der Waals surface area contributed by atoms with Gasteiger partial charge < -0.3 is 15.6 Å². The highest BCUT2D eigenvalue weighted by Crippen LogP contribution is 2.29. The lowest BCUT2D eigenvalue weighted by Crippen LogP contribution is -2.44. The molecule has 5 heteroatoms. The lowest BCUT2D eigenvalue weighted by atomic mass is 9.84. The van der Waals surface area contributed by atoms with E-state index >= 15 is 0 Å². The number of hydrogen-bond acceptors (Lipinski definition) is 4. The van der Waals surface area contributed by atoms with Gasteiger partial charge in [-0.1, -0.05) is 12.8 Å². The minimum Gasteiger partial charge on any atom is -0.356 e. The van der Waals surface area contributed by atoms with Crippen LogP contribution in [0.15, 0.2) is 10.9 Å². The molecule has 1 saturated carbocycles. The summed E-state index contributed by atoms with van der Waals surface area (Å²) in [4.78, 5) is 20.7. The van der Waals surface area contributed by atoms with E-state index in [9.17, 15) is 4.79 Å². The largest absolute Gasteiger partial charge is 0.356 e. The first-order chi connectivity index (χ1) is 8.61. The summed E-state index contributed by atoms with van der Waals surface area (Å²) in [6, 6.07) is 1.97. The molecule has 2 unspecified atom stereocenters. The van der Waals surface area contributed by atoms with E-state index in [1.54, 1.807) is 13.0 Å². The van der Waals surface area contributed by atoms with Gasteiger partial charge in [0.2, 0.25) is 0 Å². The maximum atomic E-state index is 11.5. The van der Waals surface area contributed by atoms with E-state index in [4.69, 9.17) is 5.73 Å². The second kappa shape index (κ2) is 5.52. The maximum absolute atomic E-state index is 11.5. The molecule has 1 aliphatic carbocycles. The minimum atomic E-state index is -0.0931. The average Bonchev–Trinajstić information content (AvgIpc) is 2.36.